The number of benzene rings is 1. The zero-order valence-electron chi connectivity index (χ0n) is 14.4. The van der Waals surface area contributed by atoms with Crippen molar-refractivity contribution in [1.82, 2.24) is 10.3 Å². The molecule has 25 heavy (non-hydrogen) atoms. The molecule has 0 atom stereocenters. The van der Waals surface area contributed by atoms with E-state index in [1.54, 1.807) is 12.3 Å². The second-order valence-electron chi connectivity index (χ2n) is 5.93. The first kappa shape index (κ1) is 17.2. The first-order valence-corrected chi connectivity index (χ1v) is 8.49. The van der Waals surface area contributed by atoms with Gasteiger partial charge in [0.1, 0.15) is 18.2 Å². The summed E-state index contributed by atoms with van der Waals surface area (Å²) in [5.41, 5.74) is 1.69. The van der Waals surface area contributed by atoms with Crippen LogP contribution in [0.2, 0.25) is 0 Å². The third-order valence-electron chi connectivity index (χ3n) is 3.99. The van der Waals surface area contributed by atoms with Gasteiger partial charge in [0.25, 0.3) is 5.91 Å². The lowest BCUT2D eigenvalue weighted by atomic mass is 10.2. The first-order chi connectivity index (χ1) is 12.2. The summed E-state index contributed by atoms with van der Waals surface area (Å²) in [6.07, 6.45) is 1.61. The van der Waals surface area contributed by atoms with Crippen LogP contribution in [0.4, 0.5) is 5.82 Å². The van der Waals surface area contributed by atoms with Gasteiger partial charge in [-0.3, -0.25) is 4.79 Å². The number of nitrogens with zero attached hydrogens (tertiary/aromatic N) is 2. The number of carbonyl (C=O) groups is 1. The average molecular weight is 341 g/mol. The highest BCUT2D eigenvalue weighted by molar-refractivity contribution is 5.94. The summed E-state index contributed by atoms with van der Waals surface area (Å²) in [5, 5.41) is 2.85. The summed E-state index contributed by atoms with van der Waals surface area (Å²) < 4.78 is 11.0. The molecule has 0 unspecified atom stereocenters. The number of hydrogen-bond donors (Lipinski definition) is 1. The van der Waals surface area contributed by atoms with E-state index >= 15 is 0 Å². The Morgan fingerprint density at radius 3 is 2.84 bits per heavy atom. The topological polar surface area (TPSA) is 63.7 Å². The molecular formula is C19H23N3O3. The summed E-state index contributed by atoms with van der Waals surface area (Å²) in [6.45, 7) is 5.97. The van der Waals surface area contributed by atoms with E-state index in [9.17, 15) is 4.79 Å². The Hall–Kier alpha value is -2.60. The van der Waals surface area contributed by atoms with Crippen LogP contribution in [0.3, 0.4) is 0 Å². The van der Waals surface area contributed by atoms with Gasteiger partial charge in [-0.2, -0.15) is 0 Å². The highest BCUT2D eigenvalue weighted by Crippen LogP contribution is 2.13. The van der Waals surface area contributed by atoms with Crippen molar-refractivity contribution < 1.29 is 14.3 Å². The van der Waals surface area contributed by atoms with Gasteiger partial charge in [0.15, 0.2) is 0 Å². The molecule has 1 fully saturated rings. The molecular weight excluding hydrogens is 318 g/mol. The lowest BCUT2D eigenvalue weighted by Crippen LogP contribution is -2.36. The zero-order valence-corrected chi connectivity index (χ0v) is 14.4. The molecule has 1 aliphatic heterocycles. The predicted molar refractivity (Wildman–Crippen MR) is 96.3 cm³/mol. The van der Waals surface area contributed by atoms with Crippen molar-refractivity contribution in [3.05, 3.63) is 53.7 Å². The lowest BCUT2D eigenvalue weighted by molar-refractivity contribution is 0.0946. The fraction of sp³-hybridized carbons (Fsp3) is 0.368. The zero-order chi connectivity index (χ0) is 17.5. The van der Waals surface area contributed by atoms with E-state index in [-0.39, 0.29) is 5.91 Å². The van der Waals surface area contributed by atoms with Gasteiger partial charge < -0.3 is 19.7 Å². The van der Waals surface area contributed by atoms with E-state index in [0.29, 0.717) is 31.9 Å². The molecule has 2 heterocycles. The Labute approximate surface area is 147 Å². The minimum atomic E-state index is -0.145. The Morgan fingerprint density at radius 2 is 2.12 bits per heavy atom. The fourth-order valence-corrected chi connectivity index (χ4v) is 2.64. The van der Waals surface area contributed by atoms with Gasteiger partial charge in [-0.05, 0) is 36.8 Å². The summed E-state index contributed by atoms with van der Waals surface area (Å²) in [4.78, 5) is 18.7. The maximum absolute atomic E-state index is 12.2. The number of amides is 1. The number of pyridine rings is 1. The average Bonchev–Trinajstić information content (AvgIpc) is 2.66. The van der Waals surface area contributed by atoms with Crippen molar-refractivity contribution in [1.29, 1.82) is 0 Å². The highest BCUT2D eigenvalue weighted by atomic mass is 16.5. The maximum Gasteiger partial charge on any atom is 0.252 e. The van der Waals surface area contributed by atoms with Gasteiger partial charge in [0, 0.05) is 19.3 Å². The van der Waals surface area contributed by atoms with Crippen molar-refractivity contribution in [2.75, 3.05) is 44.4 Å². The van der Waals surface area contributed by atoms with Crippen LogP contribution < -0.4 is 15.0 Å². The van der Waals surface area contributed by atoms with E-state index in [2.05, 4.69) is 15.2 Å². The predicted octanol–water partition coefficient (Wildman–Crippen LogP) is 2.04. The molecule has 6 nitrogen and oxygen atoms in total. The summed E-state index contributed by atoms with van der Waals surface area (Å²) in [7, 11) is 0. The molecule has 1 aromatic carbocycles. The van der Waals surface area contributed by atoms with Crippen LogP contribution in [0.5, 0.6) is 5.75 Å². The normalized spacial score (nSPS) is 14.2. The quantitative estimate of drug-likeness (QED) is 0.815. The van der Waals surface area contributed by atoms with E-state index in [1.165, 1.54) is 0 Å². The summed E-state index contributed by atoms with van der Waals surface area (Å²) >= 11 is 0. The van der Waals surface area contributed by atoms with Crippen molar-refractivity contribution >= 4 is 11.7 Å². The molecule has 1 saturated heterocycles. The third-order valence-corrected chi connectivity index (χ3v) is 3.99. The first-order valence-electron chi connectivity index (χ1n) is 8.49. The minimum Gasteiger partial charge on any atom is -0.492 e. The number of aromatic nitrogens is 1. The van der Waals surface area contributed by atoms with Crippen LogP contribution in [0, 0.1) is 6.92 Å². The van der Waals surface area contributed by atoms with Gasteiger partial charge in [0.05, 0.1) is 25.3 Å². The van der Waals surface area contributed by atoms with Gasteiger partial charge in [-0.25, -0.2) is 4.98 Å². The van der Waals surface area contributed by atoms with E-state index in [4.69, 9.17) is 9.47 Å². The van der Waals surface area contributed by atoms with E-state index in [1.807, 2.05) is 37.3 Å². The summed E-state index contributed by atoms with van der Waals surface area (Å²) in [5.74, 6) is 1.54. The molecule has 0 spiro atoms. The molecule has 3 rings (SSSR count). The SMILES string of the molecule is Cc1cccc(OCCNC(=O)c2ccc(N3CCOCC3)nc2)c1. The van der Waals surface area contributed by atoms with Crippen LogP contribution in [-0.4, -0.2) is 50.3 Å². The highest BCUT2D eigenvalue weighted by Gasteiger charge is 2.13. The molecule has 0 radical (unpaired) electrons. The number of carbonyl (C=O) groups excluding carboxylic acids is 1. The van der Waals surface area contributed by atoms with Gasteiger partial charge in [-0.15, -0.1) is 0 Å². The number of rotatable bonds is 6. The molecule has 1 aliphatic rings. The third kappa shape index (κ3) is 4.93. The van der Waals surface area contributed by atoms with E-state index < -0.39 is 0 Å². The van der Waals surface area contributed by atoms with Crippen molar-refractivity contribution in [2.45, 2.75) is 6.92 Å². The van der Waals surface area contributed by atoms with Gasteiger partial charge in [0.2, 0.25) is 0 Å². The Bertz CT molecular complexity index is 697. The summed E-state index contributed by atoms with van der Waals surface area (Å²) in [6, 6.07) is 11.5. The monoisotopic (exact) mass is 341 g/mol. The number of ether oxygens (including phenoxy) is 2. The number of morpholine rings is 1. The number of nitrogens with one attached hydrogen (secondary N) is 1. The van der Waals surface area contributed by atoms with Gasteiger partial charge >= 0.3 is 0 Å². The smallest absolute Gasteiger partial charge is 0.252 e. The Morgan fingerprint density at radius 1 is 1.28 bits per heavy atom. The van der Waals surface area contributed by atoms with Crippen molar-refractivity contribution in [3.8, 4) is 5.75 Å². The lowest BCUT2D eigenvalue weighted by Gasteiger charge is -2.27. The maximum atomic E-state index is 12.2. The minimum absolute atomic E-state index is 0.145. The van der Waals surface area contributed by atoms with Crippen LogP contribution in [0.15, 0.2) is 42.6 Å². The molecule has 1 amide bonds. The standard InChI is InChI=1S/C19H23N3O3/c1-15-3-2-4-17(13-15)25-10-7-20-19(23)16-5-6-18(21-14-16)22-8-11-24-12-9-22/h2-6,13-14H,7-12H2,1H3,(H,20,23). The largest absolute Gasteiger partial charge is 0.492 e. The molecule has 132 valence electrons. The van der Waals surface area contributed by atoms with Crippen LogP contribution >= 0.6 is 0 Å². The number of aryl methyl sites for hydroxylation is 1. The second kappa shape index (κ2) is 8.48. The fourth-order valence-electron chi connectivity index (χ4n) is 2.64. The van der Waals surface area contributed by atoms with Crippen molar-refractivity contribution in [2.24, 2.45) is 0 Å². The number of anilines is 1. The Kier molecular flexibility index (Phi) is 5.85. The molecule has 1 aromatic heterocycles. The van der Waals surface area contributed by atoms with Gasteiger partial charge in [-0.1, -0.05) is 12.1 Å². The van der Waals surface area contributed by atoms with Crippen LogP contribution in [-0.2, 0) is 4.74 Å². The van der Waals surface area contributed by atoms with Crippen LogP contribution in [0.1, 0.15) is 15.9 Å². The van der Waals surface area contributed by atoms with Crippen molar-refractivity contribution in [3.63, 3.8) is 0 Å². The molecule has 0 aliphatic carbocycles. The molecule has 2 aromatic rings. The molecule has 6 heteroatoms. The second-order valence-corrected chi connectivity index (χ2v) is 5.93. The molecule has 1 N–H and O–H groups in total. The van der Waals surface area contributed by atoms with Crippen LogP contribution in [0.25, 0.3) is 0 Å². The molecule has 0 saturated carbocycles. The Balaban J connectivity index is 1.44. The molecule has 0 bridgehead atoms. The number of hydrogen-bond acceptors (Lipinski definition) is 5. The van der Waals surface area contributed by atoms with E-state index in [0.717, 1.165) is 30.2 Å².